The molecule has 0 aromatic carbocycles. The van der Waals surface area contributed by atoms with E-state index in [1.165, 1.54) is 12.8 Å². The molecule has 2 unspecified atom stereocenters. The molecule has 2 heteroatoms. The SMILES string of the molecule is CCC(C)[SiH](NC(C)C)C(C)CC. The highest BCUT2D eigenvalue weighted by Gasteiger charge is 2.23. The predicted octanol–water partition coefficient (Wildman–Crippen LogP) is 3.31. The maximum absolute atomic E-state index is 3.82. The van der Waals surface area contributed by atoms with Gasteiger partial charge in [-0.25, -0.2) is 0 Å². The molecule has 80 valence electrons. The first-order chi connectivity index (χ1) is 6.02. The number of nitrogens with one attached hydrogen (secondary N) is 1. The van der Waals surface area contributed by atoms with Gasteiger partial charge >= 0.3 is 0 Å². The normalized spacial score (nSPS) is 18.7. The van der Waals surface area contributed by atoms with Crippen LogP contribution < -0.4 is 4.98 Å². The van der Waals surface area contributed by atoms with E-state index in [1.54, 1.807) is 0 Å². The molecule has 1 nitrogen and oxygen atoms in total. The van der Waals surface area contributed by atoms with Crippen molar-refractivity contribution in [1.82, 2.24) is 4.98 Å². The topological polar surface area (TPSA) is 12.0 Å². The molecule has 0 aliphatic heterocycles. The summed E-state index contributed by atoms with van der Waals surface area (Å²) in [6, 6.07) is 0.666. The molecule has 0 aliphatic carbocycles. The Hall–Kier alpha value is 0.177. The average molecular weight is 201 g/mol. The zero-order chi connectivity index (χ0) is 10.4. The number of hydrogen-bond acceptors (Lipinski definition) is 1. The lowest BCUT2D eigenvalue weighted by atomic mass is 10.3. The molecular weight excluding hydrogens is 174 g/mol. The van der Waals surface area contributed by atoms with E-state index in [0.29, 0.717) is 6.04 Å². The highest BCUT2D eigenvalue weighted by atomic mass is 28.3. The molecule has 0 aromatic rings. The Morgan fingerprint density at radius 2 is 1.31 bits per heavy atom. The second-order valence-electron chi connectivity index (χ2n) is 4.62. The minimum Gasteiger partial charge on any atom is -0.337 e. The summed E-state index contributed by atoms with van der Waals surface area (Å²) in [7, 11) is -0.730. The lowest BCUT2D eigenvalue weighted by molar-refractivity contribution is 0.676. The molecule has 0 rings (SSSR count). The molecule has 0 spiro atoms. The van der Waals surface area contributed by atoms with Gasteiger partial charge in [0.15, 0.2) is 0 Å². The summed E-state index contributed by atoms with van der Waals surface area (Å²) in [5, 5.41) is 0. The van der Waals surface area contributed by atoms with Crippen LogP contribution in [0.1, 0.15) is 54.4 Å². The minimum absolute atomic E-state index is 0.666. The lowest BCUT2D eigenvalue weighted by Gasteiger charge is -2.29. The van der Waals surface area contributed by atoms with Crippen LogP contribution >= 0.6 is 0 Å². The molecule has 0 radical (unpaired) electrons. The zero-order valence-electron chi connectivity index (χ0n) is 10.2. The van der Waals surface area contributed by atoms with Gasteiger partial charge in [-0.1, -0.05) is 54.4 Å². The van der Waals surface area contributed by atoms with Gasteiger partial charge in [0, 0.05) is 0 Å². The van der Waals surface area contributed by atoms with Gasteiger partial charge in [0.1, 0.15) is 8.96 Å². The highest BCUT2D eigenvalue weighted by Crippen LogP contribution is 2.24. The molecule has 2 atom stereocenters. The Labute approximate surface area is 86.0 Å². The molecule has 0 bridgehead atoms. The first kappa shape index (κ1) is 13.2. The second kappa shape index (κ2) is 6.60. The number of hydrogen-bond donors (Lipinski definition) is 1. The standard InChI is InChI=1S/C11H27NSi/c1-7-10(5)13(11(6)8-2)12-9(3)4/h9-13H,7-8H2,1-6H3. The van der Waals surface area contributed by atoms with Gasteiger partial charge in [-0.15, -0.1) is 0 Å². The van der Waals surface area contributed by atoms with E-state index >= 15 is 0 Å². The Kier molecular flexibility index (Phi) is 6.69. The van der Waals surface area contributed by atoms with Crippen LogP contribution in [0.15, 0.2) is 0 Å². The fraction of sp³-hybridized carbons (Fsp3) is 1.00. The average Bonchev–Trinajstić information content (AvgIpc) is 2.11. The molecule has 0 amide bonds. The first-order valence-corrected chi connectivity index (χ1v) is 7.69. The summed E-state index contributed by atoms with van der Waals surface area (Å²) in [5.74, 6) is 0. The van der Waals surface area contributed by atoms with Crippen molar-refractivity contribution in [2.24, 2.45) is 0 Å². The van der Waals surface area contributed by atoms with Crippen molar-refractivity contribution >= 4 is 8.96 Å². The lowest BCUT2D eigenvalue weighted by Crippen LogP contribution is -2.44. The summed E-state index contributed by atoms with van der Waals surface area (Å²) in [6.07, 6.45) is 2.67. The molecular formula is C11H27NSi. The van der Waals surface area contributed by atoms with Crippen molar-refractivity contribution in [1.29, 1.82) is 0 Å². The number of rotatable bonds is 6. The molecule has 1 N–H and O–H groups in total. The van der Waals surface area contributed by atoms with E-state index in [4.69, 9.17) is 0 Å². The van der Waals surface area contributed by atoms with Crippen LogP contribution in [0.5, 0.6) is 0 Å². The Morgan fingerprint density at radius 3 is 1.54 bits per heavy atom. The van der Waals surface area contributed by atoms with Crippen molar-refractivity contribution in [3.05, 3.63) is 0 Å². The van der Waals surface area contributed by atoms with Gasteiger partial charge in [0.2, 0.25) is 0 Å². The monoisotopic (exact) mass is 201 g/mol. The van der Waals surface area contributed by atoms with Crippen molar-refractivity contribution < 1.29 is 0 Å². The van der Waals surface area contributed by atoms with Crippen LogP contribution in [-0.2, 0) is 0 Å². The van der Waals surface area contributed by atoms with Crippen molar-refractivity contribution in [3.63, 3.8) is 0 Å². The van der Waals surface area contributed by atoms with Crippen molar-refractivity contribution in [2.75, 3.05) is 0 Å². The fourth-order valence-electron chi connectivity index (χ4n) is 1.78. The van der Waals surface area contributed by atoms with Gasteiger partial charge in [-0.2, -0.15) is 0 Å². The minimum atomic E-state index is -0.730. The van der Waals surface area contributed by atoms with Crippen LogP contribution in [-0.4, -0.2) is 15.0 Å². The first-order valence-electron chi connectivity index (χ1n) is 5.78. The van der Waals surface area contributed by atoms with Crippen molar-refractivity contribution in [2.45, 2.75) is 71.5 Å². The molecule has 0 aromatic heterocycles. The summed E-state index contributed by atoms with van der Waals surface area (Å²) >= 11 is 0. The molecule has 0 saturated carbocycles. The maximum atomic E-state index is 3.82. The van der Waals surface area contributed by atoms with Crippen LogP contribution in [0.25, 0.3) is 0 Å². The van der Waals surface area contributed by atoms with Crippen LogP contribution in [0.3, 0.4) is 0 Å². The van der Waals surface area contributed by atoms with E-state index in [0.717, 1.165) is 11.1 Å². The van der Waals surface area contributed by atoms with Gasteiger partial charge < -0.3 is 4.98 Å². The summed E-state index contributed by atoms with van der Waals surface area (Å²) in [5.41, 5.74) is 1.86. The van der Waals surface area contributed by atoms with Crippen LogP contribution in [0.4, 0.5) is 0 Å². The Morgan fingerprint density at radius 1 is 0.923 bits per heavy atom. The molecule has 0 saturated heterocycles. The molecule has 0 fully saturated rings. The van der Waals surface area contributed by atoms with E-state index in [2.05, 4.69) is 46.5 Å². The van der Waals surface area contributed by atoms with Gasteiger partial charge in [0.05, 0.1) is 0 Å². The molecule has 0 heterocycles. The van der Waals surface area contributed by atoms with E-state index in [9.17, 15) is 0 Å². The van der Waals surface area contributed by atoms with Gasteiger partial charge in [-0.3, -0.25) is 0 Å². The summed E-state index contributed by atoms with van der Waals surface area (Å²) < 4.78 is 0. The summed E-state index contributed by atoms with van der Waals surface area (Å²) in [4.78, 5) is 3.82. The summed E-state index contributed by atoms with van der Waals surface area (Å²) in [6.45, 7) is 14.0. The fourth-order valence-corrected chi connectivity index (χ4v) is 5.35. The quantitative estimate of drug-likeness (QED) is 0.650. The third-order valence-electron chi connectivity index (χ3n) is 3.04. The third kappa shape index (κ3) is 4.82. The smallest absolute Gasteiger partial charge is 0.114 e. The van der Waals surface area contributed by atoms with E-state index in [1.807, 2.05) is 0 Å². The predicted molar refractivity (Wildman–Crippen MR) is 64.9 cm³/mol. The van der Waals surface area contributed by atoms with Crippen LogP contribution in [0, 0.1) is 0 Å². The second-order valence-corrected chi connectivity index (χ2v) is 8.28. The van der Waals surface area contributed by atoms with Gasteiger partial charge in [-0.05, 0) is 17.1 Å². The van der Waals surface area contributed by atoms with E-state index < -0.39 is 8.96 Å². The third-order valence-corrected chi connectivity index (χ3v) is 7.49. The maximum Gasteiger partial charge on any atom is 0.114 e. The molecule has 13 heavy (non-hydrogen) atoms. The Balaban J connectivity index is 4.17. The van der Waals surface area contributed by atoms with Gasteiger partial charge in [0.25, 0.3) is 0 Å². The molecule has 0 aliphatic rings. The highest BCUT2D eigenvalue weighted by molar-refractivity contribution is 6.59. The Bertz CT molecular complexity index is 115. The zero-order valence-corrected chi connectivity index (χ0v) is 11.4. The van der Waals surface area contributed by atoms with Crippen molar-refractivity contribution in [3.8, 4) is 0 Å². The van der Waals surface area contributed by atoms with Crippen LogP contribution in [0.2, 0.25) is 11.1 Å². The van der Waals surface area contributed by atoms with E-state index in [-0.39, 0.29) is 0 Å². The largest absolute Gasteiger partial charge is 0.337 e.